The molecule has 2 fully saturated rings. The van der Waals surface area contributed by atoms with Crippen LogP contribution in [-0.2, 0) is 14.4 Å². The molecular weight excluding hydrogens is 296 g/mol. The summed E-state index contributed by atoms with van der Waals surface area (Å²) in [5.74, 6) is -0.291. The average Bonchev–Trinajstić information content (AvgIpc) is 3.26. The van der Waals surface area contributed by atoms with Crippen molar-refractivity contribution in [3.05, 3.63) is 29.3 Å². The second-order valence-corrected chi connectivity index (χ2v) is 6.22. The van der Waals surface area contributed by atoms with Gasteiger partial charge in [-0.1, -0.05) is 12.1 Å². The zero-order valence-corrected chi connectivity index (χ0v) is 13.3. The van der Waals surface area contributed by atoms with Crippen molar-refractivity contribution in [3.63, 3.8) is 0 Å². The van der Waals surface area contributed by atoms with Crippen LogP contribution < -0.4 is 10.1 Å². The summed E-state index contributed by atoms with van der Waals surface area (Å²) in [7, 11) is 0. The first kappa shape index (κ1) is 15.5. The van der Waals surface area contributed by atoms with Gasteiger partial charge in [0.25, 0.3) is 5.91 Å². The van der Waals surface area contributed by atoms with E-state index in [0.29, 0.717) is 5.75 Å². The number of rotatable bonds is 5. The van der Waals surface area contributed by atoms with Crippen LogP contribution >= 0.6 is 0 Å². The smallest absolute Gasteiger partial charge is 0.261 e. The molecule has 1 heterocycles. The van der Waals surface area contributed by atoms with Crippen molar-refractivity contribution < 1.29 is 19.1 Å². The highest BCUT2D eigenvalue weighted by Crippen LogP contribution is 2.31. The molecule has 6 nitrogen and oxygen atoms in total. The van der Waals surface area contributed by atoms with Gasteiger partial charge in [-0.25, -0.2) is 0 Å². The van der Waals surface area contributed by atoms with Gasteiger partial charge in [-0.15, -0.1) is 0 Å². The van der Waals surface area contributed by atoms with Gasteiger partial charge >= 0.3 is 0 Å². The van der Waals surface area contributed by atoms with Crippen LogP contribution in [0.4, 0.5) is 0 Å². The molecular formula is C17H20N2O4. The minimum atomic E-state index is -0.690. The standard InChI is InChI=1S/C17H20N2O4/c1-10-3-4-11(2)14(7-10)23-9-16(21)19(12-5-6-12)13-8-15(20)18-17(13)22/h3-4,7,12-13H,5-6,8-9H2,1-2H3,(H,18,20,22). The first-order valence-corrected chi connectivity index (χ1v) is 7.80. The van der Waals surface area contributed by atoms with E-state index in [-0.39, 0.29) is 36.8 Å². The topological polar surface area (TPSA) is 75.7 Å². The van der Waals surface area contributed by atoms with Crippen molar-refractivity contribution in [2.45, 2.75) is 45.2 Å². The second kappa shape index (κ2) is 6.02. The lowest BCUT2D eigenvalue weighted by molar-refractivity contribution is -0.141. The van der Waals surface area contributed by atoms with Crippen molar-refractivity contribution in [1.82, 2.24) is 10.2 Å². The number of ether oxygens (including phenoxy) is 1. The van der Waals surface area contributed by atoms with Gasteiger partial charge in [-0.05, 0) is 43.9 Å². The van der Waals surface area contributed by atoms with Crippen LogP contribution in [-0.4, -0.2) is 41.3 Å². The summed E-state index contributed by atoms with van der Waals surface area (Å²) < 4.78 is 5.65. The van der Waals surface area contributed by atoms with Crippen molar-refractivity contribution in [1.29, 1.82) is 0 Å². The van der Waals surface area contributed by atoms with Crippen LogP contribution in [0.2, 0.25) is 0 Å². The van der Waals surface area contributed by atoms with Crippen molar-refractivity contribution in [2.75, 3.05) is 6.61 Å². The van der Waals surface area contributed by atoms with Gasteiger partial charge in [0, 0.05) is 6.04 Å². The Morgan fingerprint density at radius 3 is 2.65 bits per heavy atom. The molecule has 23 heavy (non-hydrogen) atoms. The van der Waals surface area contributed by atoms with Crippen LogP contribution in [0, 0.1) is 13.8 Å². The molecule has 0 bridgehead atoms. The number of hydrogen-bond donors (Lipinski definition) is 1. The second-order valence-electron chi connectivity index (χ2n) is 6.22. The molecule has 1 aromatic rings. The van der Waals surface area contributed by atoms with Crippen molar-refractivity contribution >= 4 is 17.7 Å². The molecule has 0 aromatic heterocycles. The number of carbonyl (C=O) groups is 3. The Labute approximate surface area is 134 Å². The lowest BCUT2D eigenvalue weighted by atomic mass is 10.1. The van der Waals surface area contributed by atoms with E-state index >= 15 is 0 Å². The van der Waals surface area contributed by atoms with Gasteiger partial charge in [0.1, 0.15) is 11.8 Å². The summed E-state index contributed by atoms with van der Waals surface area (Å²) in [6, 6.07) is 5.16. The summed E-state index contributed by atoms with van der Waals surface area (Å²) in [4.78, 5) is 37.3. The Bertz CT molecular complexity index is 667. The summed E-state index contributed by atoms with van der Waals surface area (Å²) in [5.41, 5.74) is 2.01. The third kappa shape index (κ3) is 3.36. The predicted octanol–water partition coefficient (Wildman–Crippen LogP) is 1.09. The van der Waals surface area contributed by atoms with Gasteiger partial charge < -0.3 is 9.64 Å². The number of aryl methyl sites for hydroxylation is 2. The van der Waals surface area contributed by atoms with E-state index in [1.807, 2.05) is 32.0 Å². The highest BCUT2D eigenvalue weighted by atomic mass is 16.5. The number of carbonyl (C=O) groups excluding carboxylic acids is 3. The lowest BCUT2D eigenvalue weighted by Gasteiger charge is -2.26. The van der Waals surface area contributed by atoms with E-state index in [1.54, 1.807) is 0 Å². The van der Waals surface area contributed by atoms with Gasteiger partial charge in [0.2, 0.25) is 11.8 Å². The first-order valence-electron chi connectivity index (χ1n) is 7.80. The van der Waals surface area contributed by atoms with Crippen LogP contribution in [0.1, 0.15) is 30.4 Å². The molecule has 1 N–H and O–H groups in total. The molecule has 6 heteroatoms. The Morgan fingerprint density at radius 2 is 2.04 bits per heavy atom. The molecule has 1 saturated carbocycles. The third-order valence-electron chi connectivity index (χ3n) is 4.20. The maximum Gasteiger partial charge on any atom is 0.261 e. The number of nitrogens with one attached hydrogen (secondary N) is 1. The molecule has 2 aliphatic rings. The predicted molar refractivity (Wildman–Crippen MR) is 82.8 cm³/mol. The molecule has 1 aromatic carbocycles. The highest BCUT2D eigenvalue weighted by molar-refractivity contribution is 6.07. The SMILES string of the molecule is Cc1ccc(C)c(OCC(=O)N(C2CC2)C2CC(=O)NC2=O)c1. The molecule has 122 valence electrons. The maximum absolute atomic E-state index is 12.5. The molecule has 0 spiro atoms. The molecule has 3 rings (SSSR count). The summed E-state index contributed by atoms with van der Waals surface area (Å²) in [5, 5.41) is 2.26. The molecule has 3 amide bonds. The van der Waals surface area contributed by atoms with Crippen LogP contribution in [0.25, 0.3) is 0 Å². The molecule has 1 aliphatic carbocycles. The monoisotopic (exact) mass is 316 g/mol. The summed E-state index contributed by atoms with van der Waals surface area (Å²) in [6.45, 7) is 3.75. The molecule has 1 saturated heterocycles. The zero-order chi connectivity index (χ0) is 16.6. The Hall–Kier alpha value is -2.37. The molecule has 1 aliphatic heterocycles. The van der Waals surface area contributed by atoms with Gasteiger partial charge in [-0.2, -0.15) is 0 Å². The minimum absolute atomic E-state index is 0.0462. The minimum Gasteiger partial charge on any atom is -0.483 e. The fourth-order valence-corrected chi connectivity index (χ4v) is 2.83. The van der Waals surface area contributed by atoms with E-state index in [9.17, 15) is 14.4 Å². The van der Waals surface area contributed by atoms with Crippen LogP contribution in [0.5, 0.6) is 5.75 Å². The summed E-state index contributed by atoms with van der Waals surface area (Å²) in [6.07, 6.45) is 1.78. The third-order valence-corrected chi connectivity index (χ3v) is 4.20. The number of amides is 3. The summed E-state index contributed by atoms with van der Waals surface area (Å²) >= 11 is 0. The zero-order valence-electron chi connectivity index (χ0n) is 13.3. The Morgan fingerprint density at radius 1 is 1.30 bits per heavy atom. The quantitative estimate of drug-likeness (QED) is 0.825. The van der Waals surface area contributed by atoms with E-state index in [0.717, 1.165) is 24.0 Å². The fourth-order valence-electron chi connectivity index (χ4n) is 2.83. The average molecular weight is 316 g/mol. The van der Waals surface area contributed by atoms with E-state index in [1.165, 1.54) is 4.90 Å². The van der Waals surface area contributed by atoms with Crippen LogP contribution in [0.3, 0.4) is 0 Å². The van der Waals surface area contributed by atoms with Crippen molar-refractivity contribution in [3.8, 4) is 5.75 Å². The fraction of sp³-hybridized carbons (Fsp3) is 0.471. The normalized spacial score (nSPS) is 20.3. The van der Waals surface area contributed by atoms with E-state index in [4.69, 9.17) is 4.74 Å². The largest absolute Gasteiger partial charge is 0.483 e. The van der Waals surface area contributed by atoms with Gasteiger partial charge in [0.15, 0.2) is 6.61 Å². The van der Waals surface area contributed by atoms with Gasteiger partial charge in [-0.3, -0.25) is 19.7 Å². The first-order chi connectivity index (χ1) is 11.0. The Balaban J connectivity index is 1.69. The number of benzene rings is 1. The molecule has 1 unspecified atom stereocenters. The molecule has 1 atom stereocenters. The van der Waals surface area contributed by atoms with Gasteiger partial charge in [0.05, 0.1) is 6.42 Å². The number of hydrogen-bond acceptors (Lipinski definition) is 4. The maximum atomic E-state index is 12.5. The number of nitrogens with zero attached hydrogens (tertiary/aromatic N) is 1. The molecule has 0 radical (unpaired) electrons. The van der Waals surface area contributed by atoms with Crippen molar-refractivity contribution in [2.24, 2.45) is 0 Å². The van der Waals surface area contributed by atoms with Crippen LogP contribution in [0.15, 0.2) is 18.2 Å². The number of imide groups is 1. The lowest BCUT2D eigenvalue weighted by Crippen LogP contribution is -2.47. The Kier molecular flexibility index (Phi) is 4.07. The highest BCUT2D eigenvalue weighted by Gasteiger charge is 2.44. The van der Waals surface area contributed by atoms with E-state index < -0.39 is 6.04 Å². The van der Waals surface area contributed by atoms with E-state index in [2.05, 4.69) is 5.32 Å².